The highest BCUT2D eigenvalue weighted by Gasteiger charge is 2.43. The second-order valence-electron chi connectivity index (χ2n) is 8.59. The van der Waals surface area contributed by atoms with Crippen molar-refractivity contribution in [2.75, 3.05) is 36.5 Å². The molecule has 2 atom stereocenters. The number of urea groups is 1. The fourth-order valence-electron chi connectivity index (χ4n) is 4.51. The number of imide groups is 1. The van der Waals surface area contributed by atoms with Crippen LogP contribution in [0.1, 0.15) is 12.5 Å². The van der Waals surface area contributed by atoms with Crippen LogP contribution in [-0.4, -0.2) is 66.1 Å². The molecule has 1 aromatic heterocycles. The molecule has 9 heteroatoms. The van der Waals surface area contributed by atoms with Gasteiger partial charge in [-0.25, -0.2) is 4.79 Å². The topological polar surface area (TPSA) is 107 Å². The third-order valence-electron chi connectivity index (χ3n) is 6.43. The van der Waals surface area contributed by atoms with Crippen molar-refractivity contribution in [2.45, 2.75) is 25.4 Å². The molecule has 5 rings (SSSR count). The van der Waals surface area contributed by atoms with Crippen LogP contribution < -0.4 is 15.5 Å². The third kappa shape index (κ3) is 4.22. The summed E-state index contributed by atoms with van der Waals surface area (Å²) in [5.74, 6) is -0.823. The summed E-state index contributed by atoms with van der Waals surface area (Å²) in [7, 11) is 0. The van der Waals surface area contributed by atoms with Crippen LogP contribution in [0.15, 0.2) is 54.7 Å². The molecule has 0 radical (unpaired) electrons. The number of benzene rings is 2. The summed E-state index contributed by atoms with van der Waals surface area (Å²) in [6, 6.07) is 13.1. The van der Waals surface area contributed by atoms with Crippen molar-refractivity contribution in [2.24, 2.45) is 0 Å². The van der Waals surface area contributed by atoms with Gasteiger partial charge in [0.05, 0.1) is 13.2 Å². The number of nitrogens with one attached hydrogen (secondary N) is 3. The second kappa shape index (κ2) is 9.18. The molecule has 176 valence electrons. The van der Waals surface area contributed by atoms with Gasteiger partial charge in [0, 0.05) is 48.0 Å². The number of carbonyl (C=O) groups is 3. The van der Waals surface area contributed by atoms with E-state index in [2.05, 4.69) is 20.5 Å². The summed E-state index contributed by atoms with van der Waals surface area (Å²) in [5.41, 5.74) is 3.58. The molecule has 3 heterocycles. The normalized spacial score (nSPS) is 19.4. The summed E-state index contributed by atoms with van der Waals surface area (Å²) in [6.07, 6.45) is 2.20. The molecule has 2 fully saturated rings. The minimum Gasteiger partial charge on any atom is -0.378 e. The van der Waals surface area contributed by atoms with E-state index >= 15 is 0 Å². The van der Waals surface area contributed by atoms with Crippen molar-refractivity contribution in [3.63, 3.8) is 0 Å². The van der Waals surface area contributed by atoms with Gasteiger partial charge in [0.1, 0.15) is 12.1 Å². The number of hydrogen-bond acceptors (Lipinski definition) is 5. The number of aromatic amines is 1. The van der Waals surface area contributed by atoms with Crippen molar-refractivity contribution in [1.82, 2.24) is 15.2 Å². The molecule has 2 aliphatic heterocycles. The molecule has 0 spiro atoms. The van der Waals surface area contributed by atoms with Crippen LogP contribution in [0.4, 0.5) is 16.2 Å². The Balaban J connectivity index is 1.23. The standard InChI is InChI=1S/C25H27N5O4/c1-16(23(31)27-18-6-8-19(9-7-18)29-10-12-34-13-11-29)30-24(32)22(28-25(30)33)14-17-15-26-21-5-3-2-4-20(17)21/h2-9,15-16,22,26H,10-14H2,1H3,(H,27,31)(H,28,33)/t16-,22+/m0/s1. The van der Waals surface area contributed by atoms with E-state index < -0.39 is 29.9 Å². The van der Waals surface area contributed by atoms with E-state index in [1.807, 2.05) is 54.7 Å². The van der Waals surface area contributed by atoms with E-state index in [0.29, 0.717) is 25.3 Å². The number of fused-ring (bicyclic) bond motifs is 1. The molecule has 0 saturated carbocycles. The van der Waals surface area contributed by atoms with Crippen molar-refractivity contribution < 1.29 is 19.1 Å². The van der Waals surface area contributed by atoms with Gasteiger partial charge in [0.2, 0.25) is 5.91 Å². The number of rotatable bonds is 6. The number of amides is 4. The highest BCUT2D eigenvalue weighted by Crippen LogP contribution is 2.23. The van der Waals surface area contributed by atoms with Crippen molar-refractivity contribution in [3.8, 4) is 0 Å². The maximum absolute atomic E-state index is 13.0. The lowest BCUT2D eigenvalue weighted by atomic mass is 10.0. The lowest BCUT2D eigenvalue weighted by Gasteiger charge is -2.29. The van der Waals surface area contributed by atoms with E-state index in [-0.39, 0.29) is 0 Å². The van der Waals surface area contributed by atoms with Gasteiger partial charge in [-0.2, -0.15) is 0 Å². The Hall–Kier alpha value is -3.85. The highest BCUT2D eigenvalue weighted by atomic mass is 16.5. The monoisotopic (exact) mass is 461 g/mol. The van der Waals surface area contributed by atoms with E-state index in [1.165, 1.54) is 0 Å². The minimum absolute atomic E-state index is 0.350. The van der Waals surface area contributed by atoms with E-state index in [4.69, 9.17) is 4.74 Å². The van der Waals surface area contributed by atoms with E-state index in [9.17, 15) is 14.4 Å². The van der Waals surface area contributed by atoms with Gasteiger partial charge < -0.3 is 25.3 Å². The zero-order valence-electron chi connectivity index (χ0n) is 18.9. The first-order valence-electron chi connectivity index (χ1n) is 11.4. The molecule has 0 unspecified atom stereocenters. The van der Waals surface area contributed by atoms with Crippen LogP contribution in [0.2, 0.25) is 0 Å². The summed E-state index contributed by atoms with van der Waals surface area (Å²) in [5, 5.41) is 6.55. The zero-order valence-corrected chi connectivity index (χ0v) is 18.9. The number of H-pyrrole nitrogens is 1. The molecule has 0 bridgehead atoms. The molecule has 2 aliphatic rings. The summed E-state index contributed by atoms with van der Waals surface area (Å²) < 4.78 is 5.38. The van der Waals surface area contributed by atoms with Crippen LogP contribution in [0.25, 0.3) is 10.9 Å². The third-order valence-corrected chi connectivity index (χ3v) is 6.43. The number of aromatic nitrogens is 1. The van der Waals surface area contributed by atoms with Gasteiger partial charge in [0.25, 0.3) is 5.91 Å². The first kappa shape index (κ1) is 22.0. The number of ether oxygens (including phenoxy) is 1. The van der Waals surface area contributed by atoms with Gasteiger partial charge in [-0.15, -0.1) is 0 Å². The highest BCUT2D eigenvalue weighted by molar-refractivity contribution is 6.09. The Labute approximate surface area is 197 Å². The first-order valence-corrected chi connectivity index (χ1v) is 11.4. The summed E-state index contributed by atoms with van der Waals surface area (Å²) >= 11 is 0. The van der Waals surface area contributed by atoms with Gasteiger partial charge in [-0.1, -0.05) is 18.2 Å². The molecule has 3 N–H and O–H groups in total. The van der Waals surface area contributed by atoms with Crippen LogP contribution >= 0.6 is 0 Å². The number of nitrogens with zero attached hydrogens (tertiary/aromatic N) is 2. The minimum atomic E-state index is -0.945. The average molecular weight is 462 g/mol. The van der Waals surface area contributed by atoms with Crippen LogP contribution in [0.5, 0.6) is 0 Å². The Bertz CT molecular complexity index is 1220. The lowest BCUT2D eigenvalue weighted by molar-refractivity contribution is -0.133. The molecular formula is C25H27N5O4. The molecule has 34 heavy (non-hydrogen) atoms. The fraction of sp³-hybridized carbons (Fsp3) is 0.320. The Kier molecular flexibility index (Phi) is 5.93. The molecule has 4 amide bonds. The fourth-order valence-corrected chi connectivity index (χ4v) is 4.51. The van der Waals surface area contributed by atoms with Crippen molar-refractivity contribution in [3.05, 3.63) is 60.3 Å². The van der Waals surface area contributed by atoms with E-state index in [0.717, 1.165) is 40.1 Å². The van der Waals surface area contributed by atoms with Gasteiger partial charge in [-0.05, 0) is 42.8 Å². The molecule has 3 aromatic rings. The largest absolute Gasteiger partial charge is 0.378 e. The maximum atomic E-state index is 13.0. The van der Waals surface area contributed by atoms with Crippen LogP contribution in [0, 0.1) is 0 Å². The number of hydrogen-bond donors (Lipinski definition) is 3. The molecular weight excluding hydrogens is 434 g/mol. The SMILES string of the molecule is C[C@@H](C(=O)Nc1ccc(N2CCOCC2)cc1)N1C(=O)N[C@H](Cc2c[nH]c3ccccc23)C1=O. The lowest BCUT2D eigenvalue weighted by Crippen LogP contribution is -2.46. The first-order chi connectivity index (χ1) is 16.5. The quantitative estimate of drug-likeness (QED) is 0.489. The number of morpholine rings is 1. The van der Waals surface area contributed by atoms with Gasteiger partial charge in [0.15, 0.2) is 0 Å². The average Bonchev–Trinajstić information content (AvgIpc) is 3.39. The molecule has 2 saturated heterocycles. The van der Waals surface area contributed by atoms with Crippen LogP contribution in [-0.2, 0) is 20.7 Å². The Morgan fingerprint density at radius 3 is 2.62 bits per heavy atom. The smallest absolute Gasteiger partial charge is 0.325 e. The second-order valence-corrected chi connectivity index (χ2v) is 8.59. The predicted molar refractivity (Wildman–Crippen MR) is 129 cm³/mol. The summed E-state index contributed by atoms with van der Waals surface area (Å²) in [4.78, 5) is 44.9. The van der Waals surface area contributed by atoms with Crippen molar-refractivity contribution in [1.29, 1.82) is 0 Å². The molecule has 2 aromatic carbocycles. The maximum Gasteiger partial charge on any atom is 0.325 e. The predicted octanol–water partition coefficient (Wildman–Crippen LogP) is 2.49. The number of para-hydroxylation sites is 1. The Morgan fingerprint density at radius 1 is 1.12 bits per heavy atom. The zero-order chi connectivity index (χ0) is 23.7. The summed E-state index contributed by atoms with van der Waals surface area (Å²) in [6.45, 7) is 4.61. The van der Waals surface area contributed by atoms with Crippen LogP contribution in [0.3, 0.4) is 0 Å². The van der Waals surface area contributed by atoms with E-state index in [1.54, 1.807) is 6.92 Å². The molecule has 9 nitrogen and oxygen atoms in total. The Morgan fingerprint density at radius 2 is 1.85 bits per heavy atom. The van der Waals surface area contributed by atoms with Gasteiger partial charge >= 0.3 is 6.03 Å². The number of carbonyl (C=O) groups excluding carboxylic acids is 3. The number of anilines is 2. The van der Waals surface area contributed by atoms with Gasteiger partial charge in [-0.3, -0.25) is 14.5 Å². The molecule has 0 aliphatic carbocycles. The van der Waals surface area contributed by atoms with Crippen molar-refractivity contribution >= 4 is 40.1 Å².